The number of unbranched alkanes of at least 4 members (excludes halogenated alkanes) is 2. The van der Waals surface area contributed by atoms with Crippen LogP contribution in [0.3, 0.4) is 0 Å². The molecule has 0 radical (unpaired) electrons. The Kier molecular flexibility index (Phi) is 13.6. The Balaban J connectivity index is 1.87. The molecular weight excluding hydrogens is 478 g/mol. The number of rotatable bonds is 19. The highest BCUT2D eigenvalue weighted by molar-refractivity contribution is 5.81. The van der Waals surface area contributed by atoms with Crippen LogP contribution in [0.4, 0.5) is 5.69 Å². The predicted molar refractivity (Wildman–Crippen MR) is 140 cm³/mol. The lowest BCUT2D eigenvalue weighted by Gasteiger charge is -2.15. The minimum Gasteiger partial charge on any atom is -0.490 e. The van der Waals surface area contributed by atoms with Gasteiger partial charge in [-0.25, -0.2) is 9.59 Å². The number of hydrogen-bond acceptors (Lipinski definition) is 9. The molecule has 0 aromatic heterocycles. The Hall–Kier alpha value is -4.14. The van der Waals surface area contributed by atoms with Crippen molar-refractivity contribution in [3.63, 3.8) is 0 Å². The van der Waals surface area contributed by atoms with Crippen molar-refractivity contribution in [3.8, 4) is 23.0 Å². The zero-order valence-corrected chi connectivity index (χ0v) is 21.2. The van der Waals surface area contributed by atoms with Gasteiger partial charge in [0.1, 0.15) is 11.5 Å². The maximum absolute atomic E-state index is 11.1. The third kappa shape index (κ3) is 11.9. The average molecular weight is 514 g/mol. The molecule has 37 heavy (non-hydrogen) atoms. The first-order valence-electron chi connectivity index (χ1n) is 12.1. The highest BCUT2D eigenvalue weighted by atomic mass is 16.7. The van der Waals surface area contributed by atoms with Crippen LogP contribution in [0.5, 0.6) is 23.0 Å². The number of ether oxygens (including phenoxy) is 6. The SMILES string of the molecule is C=CC(=O)OCCCCOc1ccc(OCOc2ccc(NC)cc2)cc1OCCCCOC(=O)C=C. The molecule has 2 rings (SSSR count). The van der Waals surface area contributed by atoms with E-state index in [9.17, 15) is 9.59 Å². The van der Waals surface area contributed by atoms with Crippen molar-refractivity contribution in [3.05, 3.63) is 67.8 Å². The molecule has 9 nitrogen and oxygen atoms in total. The average Bonchev–Trinajstić information content (AvgIpc) is 2.93. The summed E-state index contributed by atoms with van der Waals surface area (Å²) in [6, 6.07) is 12.8. The topological polar surface area (TPSA) is 102 Å². The maximum Gasteiger partial charge on any atom is 0.330 e. The summed E-state index contributed by atoms with van der Waals surface area (Å²) < 4.78 is 33.1. The number of carbonyl (C=O) groups excluding carboxylic acids is 2. The Morgan fingerprint density at radius 1 is 0.703 bits per heavy atom. The van der Waals surface area contributed by atoms with Crippen LogP contribution in [0.2, 0.25) is 0 Å². The lowest BCUT2D eigenvalue weighted by Crippen LogP contribution is -2.08. The first-order chi connectivity index (χ1) is 18.0. The summed E-state index contributed by atoms with van der Waals surface area (Å²) in [6.45, 7) is 8.18. The molecule has 0 amide bonds. The standard InChI is InChI=1S/C28H35NO8/c1-4-27(30)34-18-8-6-16-32-25-15-14-24(37-21-36-23-12-10-22(29-3)11-13-23)20-26(25)33-17-7-9-19-35-28(31)5-2/h4-5,10-15,20,29H,1-2,6-9,16-19,21H2,3H3. The van der Waals surface area contributed by atoms with Crippen molar-refractivity contribution < 1.29 is 38.0 Å². The Labute approximate surface area is 218 Å². The fraction of sp³-hybridized carbons (Fsp3) is 0.357. The van der Waals surface area contributed by atoms with Gasteiger partial charge in [0, 0.05) is 31.0 Å². The van der Waals surface area contributed by atoms with E-state index in [0.29, 0.717) is 75.1 Å². The van der Waals surface area contributed by atoms with Gasteiger partial charge in [0.05, 0.1) is 26.4 Å². The molecule has 0 aliphatic heterocycles. The molecule has 0 heterocycles. The van der Waals surface area contributed by atoms with Gasteiger partial charge < -0.3 is 33.7 Å². The minimum absolute atomic E-state index is 0.0244. The molecule has 0 fully saturated rings. The molecule has 0 saturated carbocycles. The monoisotopic (exact) mass is 513 g/mol. The summed E-state index contributed by atoms with van der Waals surface area (Å²) >= 11 is 0. The van der Waals surface area contributed by atoms with E-state index in [0.717, 1.165) is 17.8 Å². The molecule has 0 aliphatic rings. The van der Waals surface area contributed by atoms with Crippen molar-refractivity contribution in [1.29, 1.82) is 0 Å². The largest absolute Gasteiger partial charge is 0.490 e. The molecular formula is C28H35NO8. The van der Waals surface area contributed by atoms with Crippen molar-refractivity contribution >= 4 is 17.6 Å². The molecule has 0 saturated heterocycles. The summed E-state index contributed by atoms with van der Waals surface area (Å²) in [7, 11) is 1.85. The van der Waals surface area contributed by atoms with E-state index in [2.05, 4.69) is 18.5 Å². The molecule has 1 N–H and O–H groups in total. The number of anilines is 1. The van der Waals surface area contributed by atoms with E-state index in [1.54, 1.807) is 18.2 Å². The number of carbonyl (C=O) groups is 2. The predicted octanol–water partition coefficient (Wildman–Crippen LogP) is 4.92. The van der Waals surface area contributed by atoms with Gasteiger partial charge in [-0.05, 0) is 62.1 Å². The van der Waals surface area contributed by atoms with Crippen molar-refractivity contribution in [2.75, 3.05) is 45.6 Å². The van der Waals surface area contributed by atoms with Crippen LogP contribution in [0.25, 0.3) is 0 Å². The maximum atomic E-state index is 11.1. The van der Waals surface area contributed by atoms with E-state index in [4.69, 9.17) is 28.4 Å². The van der Waals surface area contributed by atoms with Gasteiger partial charge in [0.15, 0.2) is 11.5 Å². The highest BCUT2D eigenvalue weighted by Gasteiger charge is 2.09. The zero-order chi connectivity index (χ0) is 26.7. The fourth-order valence-electron chi connectivity index (χ4n) is 2.93. The quantitative estimate of drug-likeness (QED) is 0.121. The number of benzene rings is 2. The molecule has 0 bridgehead atoms. The lowest BCUT2D eigenvalue weighted by atomic mass is 10.3. The van der Waals surface area contributed by atoms with Gasteiger partial charge >= 0.3 is 11.9 Å². The van der Waals surface area contributed by atoms with E-state index < -0.39 is 11.9 Å². The van der Waals surface area contributed by atoms with Crippen LogP contribution in [0.1, 0.15) is 25.7 Å². The third-order valence-corrected chi connectivity index (χ3v) is 4.92. The molecule has 0 unspecified atom stereocenters. The summed E-state index contributed by atoms with van der Waals surface area (Å²) in [4.78, 5) is 22.2. The summed E-state index contributed by atoms with van der Waals surface area (Å²) in [5, 5.41) is 3.05. The van der Waals surface area contributed by atoms with Gasteiger partial charge in [-0.1, -0.05) is 13.2 Å². The van der Waals surface area contributed by atoms with E-state index in [-0.39, 0.29) is 6.79 Å². The molecule has 0 atom stereocenters. The van der Waals surface area contributed by atoms with Crippen molar-refractivity contribution in [2.45, 2.75) is 25.7 Å². The van der Waals surface area contributed by atoms with E-state index in [1.807, 2.05) is 31.3 Å². The van der Waals surface area contributed by atoms with Crippen LogP contribution in [-0.2, 0) is 19.1 Å². The van der Waals surface area contributed by atoms with Gasteiger partial charge in [-0.2, -0.15) is 0 Å². The molecule has 200 valence electrons. The van der Waals surface area contributed by atoms with Crippen LogP contribution in [0, 0.1) is 0 Å². The number of esters is 2. The van der Waals surface area contributed by atoms with Crippen LogP contribution in [0.15, 0.2) is 67.8 Å². The van der Waals surface area contributed by atoms with Gasteiger partial charge in [-0.15, -0.1) is 0 Å². The Bertz CT molecular complexity index is 990. The Morgan fingerprint density at radius 3 is 1.78 bits per heavy atom. The molecule has 0 spiro atoms. The van der Waals surface area contributed by atoms with Gasteiger partial charge in [0.2, 0.25) is 6.79 Å². The fourth-order valence-corrected chi connectivity index (χ4v) is 2.93. The first kappa shape index (κ1) is 29.1. The number of hydrogen-bond donors (Lipinski definition) is 1. The second-order valence-corrected chi connectivity index (χ2v) is 7.64. The summed E-state index contributed by atoms with van der Waals surface area (Å²) in [6.07, 6.45) is 4.95. The van der Waals surface area contributed by atoms with Crippen molar-refractivity contribution in [2.24, 2.45) is 0 Å². The summed E-state index contributed by atoms with van der Waals surface area (Å²) in [5.41, 5.74) is 0.988. The van der Waals surface area contributed by atoms with Crippen LogP contribution in [-0.4, -0.2) is 52.2 Å². The number of nitrogens with one attached hydrogen (secondary N) is 1. The second-order valence-electron chi connectivity index (χ2n) is 7.64. The van der Waals surface area contributed by atoms with Crippen molar-refractivity contribution in [1.82, 2.24) is 0 Å². The molecule has 9 heteroatoms. The first-order valence-corrected chi connectivity index (χ1v) is 12.1. The molecule has 2 aromatic carbocycles. The summed E-state index contributed by atoms with van der Waals surface area (Å²) in [5.74, 6) is 1.46. The lowest BCUT2D eigenvalue weighted by molar-refractivity contribution is -0.138. The minimum atomic E-state index is -0.444. The highest BCUT2D eigenvalue weighted by Crippen LogP contribution is 2.32. The second kappa shape index (κ2) is 17.3. The van der Waals surface area contributed by atoms with Crippen LogP contribution < -0.4 is 24.3 Å². The zero-order valence-electron chi connectivity index (χ0n) is 21.2. The van der Waals surface area contributed by atoms with E-state index in [1.165, 1.54) is 0 Å². The van der Waals surface area contributed by atoms with E-state index >= 15 is 0 Å². The van der Waals surface area contributed by atoms with Gasteiger partial charge in [-0.3, -0.25) is 0 Å². The van der Waals surface area contributed by atoms with Gasteiger partial charge in [0.25, 0.3) is 0 Å². The molecule has 2 aromatic rings. The normalized spacial score (nSPS) is 10.1. The smallest absolute Gasteiger partial charge is 0.330 e. The third-order valence-electron chi connectivity index (χ3n) is 4.92. The molecule has 0 aliphatic carbocycles. The van der Waals surface area contributed by atoms with Crippen LogP contribution >= 0.6 is 0 Å². The Morgan fingerprint density at radius 2 is 1.22 bits per heavy atom.